The van der Waals surface area contributed by atoms with Crippen LogP contribution in [0, 0.1) is 0 Å². The second kappa shape index (κ2) is 8.07. The number of hydrogen-bond donors (Lipinski definition) is 0. The molecule has 4 rings (SSSR count). The first-order valence-electron chi connectivity index (χ1n) is 9.07. The molecule has 0 radical (unpaired) electrons. The fourth-order valence-corrected chi connectivity index (χ4v) is 4.91. The minimum absolute atomic E-state index is 0. The van der Waals surface area contributed by atoms with Crippen LogP contribution in [-0.2, 0) is 9.84 Å². The molecule has 0 aliphatic carbocycles. The van der Waals surface area contributed by atoms with Crippen LogP contribution >= 0.6 is 12.4 Å². The van der Waals surface area contributed by atoms with Gasteiger partial charge in [-0.15, -0.1) is 12.4 Å². The van der Waals surface area contributed by atoms with Crippen LogP contribution in [0.15, 0.2) is 70.6 Å². The topological polar surface area (TPSA) is 53.5 Å². The van der Waals surface area contributed by atoms with Gasteiger partial charge in [0.15, 0.2) is 0 Å². The Bertz CT molecular complexity index is 1070. The number of aromatic nitrogens is 1. The summed E-state index contributed by atoms with van der Waals surface area (Å²) in [6.45, 7) is 1.94. The SMILES string of the molecule is CN(C)C1CCN(c2cccc3cc(S(=O)(=O)c4ccccc4)cnc23)C1.Cl. The zero-order chi connectivity index (χ0) is 19.0. The van der Waals surface area contributed by atoms with Gasteiger partial charge >= 0.3 is 0 Å². The Morgan fingerprint density at radius 2 is 1.79 bits per heavy atom. The van der Waals surface area contributed by atoms with Crippen molar-refractivity contribution < 1.29 is 8.42 Å². The second-order valence-corrected chi connectivity index (χ2v) is 9.14. The zero-order valence-corrected chi connectivity index (χ0v) is 17.6. The van der Waals surface area contributed by atoms with Gasteiger partial charge in [-0.25, -0.2) is 8.42 Å². The quantitative estimate of drug-likeness (QED) is 0.648. The van der Waals surface area contributed by atoms with E-state index in [-0.39, 0.29) is 22.2 Å². The lowest BCUT2D eigenvalue weighted by atomic mass is 10.2. The number of anilines is 1. The Hall–Kier alpha value is -2.15. The van der Waals surface area contributed by atoms with Gasteiger partial charge in [0, 0.05) is 30.7 Å². The van der Waals surface area contributed by atoms with Gasteiger partial charge in [0.2, 0.25) is 9.84 Å². The maximum atomic E-state index is 12.9. The zero-order valence-electron chi connectivity index (χ0n) is 15.9. The number of nitrogens with zero attached hydrogens (tertiary/aromatic N) is 3. The summed E-state index contributed by atoms with van der Waals surface area (Å²) in [4.78, 5) is 9.66. The number of hydrogen-bond acceptors (Lipinski definition) is 5. The van der Waals surface area contributed by atoms with E-state index in [1.807, 2.05) is 12.1 Å². The molecule has 5 nitrogen and oxygen atoms in total. The van der Waals surface area contributed by atoms with Crippen LogP contribution < -0.4 is 4.90 Å². The number of pyridine rings is 1. The summed E-state index contributed by atoms with van der Waals surface area (Å²) < 4.78 is 25.8. The van der Waals surface area contributed by atoms with E-state index in [2.05, 4.69) is 34.9 Å². The highest BCUT2D eigenvalue weighted by molar-refractivity contribution is 7.91. The minimum atomic E-state index is -3.57. The molecule has 0 saturated carbocycles. The predicted octanol–water partition coefficient (Wildman–Crippen LogP) is 3.63. The highest BCUT2D eigenvalue weighted by atomic mass is 35.5. The molecule has 1 aliphatic rings. The summed E-state index contributed by atoms with van der Waals surface area (Å²) in [5.74, 6) is 0. The van der Waals surface area contributed by atoms with Gasteiger partial charge in [-0.1, -0.05) is 30.3 Å². The van der Waals surface area contributed by atoms with Gasteiger partial charge in [-0.05, 0) is 44.8 Å². The maximum absolute atomic E-state index is 12.9. The summed E-state index contributed by atoms with van der Waals surface area (Å²) in [7, 11) is 0.650. The van der Waals surface area contributed by atoms with Crippen molar-refractivity contribution in [2.75, 3.05) is 32.1 Å². The summed E-state index contributed by atoms with van der Waals surface area (Å²) in [6, 6.07) is 16.7. The molecule has 148 valence electrons. The van der Waals surface area contributed by atoms with E-state index in [4.69, 9.17) is 0 Å². The number of benzene rings is 2. The van der Waals surface area contributed by atoms with E-state index >= 15 is 0 Å². The molecule has 0 amide bonds. The van der Waals surface area contributed by atoms with Gasteiger partial charge < -0.3 is 9.80 Å². The smallest absolute Gasteiger partial charge is 0.208 e. The Morgan fingerprint density at radius 3 is 2.46 bits per heavy atom. The lowest BCUT2D eigenvalue weighted by Crippen LogP contribution is -2.31. The number of fused-ring (bicyclic) bond motifs is 1. The molecule has 2 aromatic carbocycles. The molecule has 3 aromatic rings. The van der Waals surface area contributed by atoms with Crippen LogP contribution in [0.25, 0.3) is 10.9 Å². The summed E-state index contributed by atoms with van der Waals surface area (Å²) in [5.41, 5.74) is 1.92. The fraction of sp³-hybridized carbons (Fsp3) is 0.286. The molecule has 1 saturated heterocycles. The number of halogens is 1. The lowest BCUT2D eigenvalue weighted by Gasteiger charge is -2.22. The highest BCUT2D eigenvalue weighted by Crippen LogP contribution is 2.31. The molecule has 1 aromatic heterocycles. The first-order chi connectivity index (χ1) is 13.0. The standard InChI is InChI=1S/C21H23N3O2S.ClH/c1-23(2)17-11-12-24(15-17)20-10-6-7-16-13-19(14-22-21(16)20)27(25,26)18-8-4-3-5-9-18;/h3-10,13-14,17H,11-12,15H2,1-2H3;1H. The van der Waals surface area contributed by atoms with Crippen LogP contribution in [0.4, 0.5) is 5.69 Å². The van der Waals surface area contributed by atoms with E-state index in [0.29, 0.717) is 6.04 Å². The maximum Gasteiger partial charge on any atom is 0.208 e. The predicted molar refractivity (Wildman–Crippen MR) is 115 cm³/mol. The van der Waals surface area contributed by atoms with Crippen LogP contribution in [0.3, 0.4) is 0 Å². The lowest BCUT2D eigenvalue weighted by molar-refractivity contribution is 0.315. The van der Waals surface area contributed by atoms with Gasteiger partial charge in [-0.3, -0.25) is 4.98 Å². The average Bonchev–Trinajstić information content (AvgIpc) is 3.18. The van der Waals surface area contributed by atoms with Crippen molar-refractivity contribution in [1.82, 2.24) is 9.88 Å². The molecule has 1 aliphatic heterocycles. The van der Waals surface area contributed by atoms with E-state index in [0.717, 1.165) is 36.1 Å². The van der Waals surface area contributed by atoms with Crippen molar-refractivity contribution >= 4 is 38.8 Å². The molecular weight excluding hydrogens is 394 g/mol. The van der Waals surface area contributed by atoms with Gasteiger partial charge in [0.05, 0.1) is 21.0 Å². The Labute approximate surface area is 172 Å². The third-order valence-corrected chi connectivity index (χ3v) is 7.00. The van der Waals surface area contributed by atoms with Crippen molar-refractivity contribution in [3.8, 4) is 0 Å². The number of rotatable bonds is 4. The van der Waals surface area contributed by atoms with Crippen LogP contribution in [-0.4, -0.2) is 51.5 Å². The monoisotopic (exact) mass is 417 g/mol. The highest BCUT2D eigenvalue weighted by Gasteiger charge is 2.26. The van der Waals surface area contributed by atoms with E-state index < -0.39 is 9.84 Å². The summed E-state index contributed by atoms with van der Waals surface area (Å²) in [5, 5.41) is 0.845. The van der Waals surface area contributed by atoms with Crippen molar-refractivity contribution in [2.24, 2.45) is 0 Å². The first-order valence-corrected chi connectivity index (χ1v) is 10.6. The van der Waals surface area contributed by atoms with Gasteiger partial charge in [0.25, 0.3) is 0 Å². The molecule has 1 unspecified atom stereocenters. The van der Waals surface area contributed by atoms with E-state index in [9.17, 15) is 8.42 Å². The number of para-hydroxylation sites is 1. The van der Waals surface area contributed by atoms with Crippen molar-refractivity contribution in [3.05, 3.63) is 60.8 Å². The van der Waals surface area contributed by atoms with Crippen molar-refractivity contribution in [3.63, 3.8) is 0 Å². The molecule has 0 bridgehead atoms. The van der Waals surface area contributed by atoms with Crippen LogP contribution in [0.1, 0.15) is 6.42 Å². The number of likely N-dealkylation sites (N-methyl/N-ethyl adjacent to an activating group) is 1. The second-order valence-electron chi connectivity index (χ2n) is 7.19. The van der Waals surface area contributed by atoms with Crippen molar-refractivity contribution in [1.29, 1.82) is 0 Å². The minimum Gasteiger partial charge on any atom is -0.368 e. The molecule has 1 fully saturated rings. The van der Waals surface area contributed by atoms with Gasteiger partial charge in [0.1, 0.15) is 0 Å². The van der Waals surface area contributed by atoms with Crippen molar-refractivity contribution in [2.45, 2.75) is 22.3 Å². The van der Waals surface area contributed by atoms with E-state index in [1.165, 1.54) is 6.20 Å². The van der Waals surface area contributed by atoms with Crippen LogP contribution in [0.5, 0.6) is 0 Å². The molecule has 1 atom stereocenters. The third kappa shape index (κ3) is 3.72. The Morgan fingerprint density at radius 1 is 1.04 bits per heavy atom. The molecule has 28 heavy (non-hydrogen) atoms. The molecule has 0 N–H and O–H groups in total. The molecular formula is C21H24ClN3O2S. The largest absolute Gasteiger partial charge is 0.368 e. The number of sulfone groups is 1. The first kappa shape index (κ1) is 20.6. The Balaban J connectivity index is 0.00000225. The normalized spacial score (nSPS) is 17.1. The molecule has 7 heteroatoms. The third-order valence-electron chi connectivity index (χ3n) is 5.26. The van der Waals surface area contributed by atoms with Crippen LogP contribution in [0.2, 0.25) is 0 Å². The van der Waals surface area contributed by atoms with E-state index in [1.54, 1.807) is 36.4 Å². The molecule has 2 heterocycles. The average molecular weight is 418 g/mol. The summed E-state index contributed by atoms with van der Waals surface area (Å²) in [6.07, 6.45) is 2.59. The fourth-order valence-electron chi connectivity index (χ4n) is 3.64. The summed E-state index contributed by atoms with van der Waals surface area (Å²) >= 11 is 0. The molecule has 0 spiro atoms. The van der Waals surface area contributed by atoms with Gasteiger partial charge in [-0.2, -0.15) is 0 Å². The Kier molecular flexibility index (Phi) is 5.93.